The first-order valence-electron chi connectivity index (χ1n) is 9.66. The van der Waals surface area contributed by atoms with Crippen molar-refractivity contribution in [2.24, 2.45) is 5.92 Å². The monoisotopic (exact) mass is 372 g/mol. The number of carbonyl (C=O) groups excluding carboxylic acids is 1. The van der Waals surface area contributed by atoms with E-state index < -0.39 is 5.54 Å². The van der Waals surface area contributed by atoms with Crippen molar-refractivity contribution in [1.82, 2.24) is 15.1 Å². The van der Waals surface area contributed by atoms with Gasteiger partial charge in [-0.25, -0.2) is 0 Å². The highest BCUT2D eigenvalue weighted by molar-refractivity contribution is 5.79. The number of hydrogen-bond donors (Lipinski definition) is 1. The molecule has 1 N–H and O–H groups in total. The molecule has 0 bridgehead atoms. The van der Waals surface area contributed by atoms with Gasteiger partial charge >= 0.3 is 0 Å². The van der Waals surface area contributed by atoms with Crippen LogP contribution in [0.4, 0.5) is 0 Å². The minimum Gasteiger partial charge on any atom is -0.497 e. The molecule has 0 unspecified atom stereocenters. The second-order valence-corrected chi connectivity index (χ2v) is 7.73. The number of hydrogen-bond acceptors (Lipinski definition) is 5. The molecule has 27 heavy (non-hydrogen) atoms. The molecule has 0 saturated carbocycles. The van der Waals surface area contributed by atoms with E-state index in [1.165, 1.54) is 5.56 Å². The predicted octanol–water partition coefficient (Wildman–Crippen LogP) is 1.91. The van der Waals surface area contributed by atoms with Crippen LogP contribution in [-0.2, 0) is 11.2 Å². The van der Waals surface area contributed by atoms with Crippen molar-refractivity contribution < 1.29 is 9.53 Å². The van der Waals surface area contributed by atoms with E-state index in [0.29, 0.717) is 6.54 Å². The third kappa shape index (κ3) is 6.23. The van der Waals surface area contributed by atoms with E-state index in [0.717, 1.165) is 44.9 Å². The average molecular weight is 373 g/mol. The summed E-state index contributed by atoms with van der Waals surface area (Å²) < 4.78 is 5.19. The molecule has 1 aliphatic rings. The van der Waals surface area contributed by atoms with Crippen LogP contribution in [0.15, 0.2) is 24.3 Å². The second kappa shape index (κ2) is 9.72. The Kier molecular flexibility index (Phi) is 7.64. The van der Waals surface area contributed by atoms with E-state index in [9.17, 15) is 10.1 Å². The van der Waals surface area contributed by atoms with Crippen molar-refractivity contribution in [3.8, 4) is 11.8 Å². The predicted molar refractivity (Wildman–Crippen MR) is 107 cm³/mol. The minimum atomic E-state index is -0.808. The van der Waals surface area contributed by atoms with E-state index in [-0.39, 0.29) is 11.8 Å². The van der Waals surface area contributed by atoms with Gasteiger partial charge in [0.05, 0.1) is 19.7 Å². The number of methoxy groups -OCH3 is 1. The maximum absolute atomic E-state index is 12.3. The van der Waals surface area contributed by atoms with Crippen LogP contribution < -0.4 is 10.1 Å². The number of rotatable bonds is 8. The standard InChI is InChI=1S/C21H32N4O2/c1-17(2)21(3,16-22)23-20(26)15-25-13-11-24(12-14-25)10-9-18-5-7-19(27-4)8-6-18/h5-8,17H,9-15H2,1-4H3,(H,23,26)/t21-/m0/s1. The van der Waals surface area contributed by atoms with E-state index >= 15 is 0 Å². The zero-order chi connectivity index (χ0) is 19.9. The van der Waals surface area contributed by atoms with Crippen molar-refractivity contribution in [3.63, 3.8) is 0 Å². The van der Waals surface area contributed by atoms with Crippen LogP contribution in [0.5, 0.6) is 5.75 Å². The van der Waals surface area contributed by atoms with Gasteiger partial charge in [0.1, 0.15) is 11.3 Å². The summed E-state index contributed by atoms with van der Waals surface area (Å²) in [5, 5.41) is 12.2. The zero-order valence-electron chi connectivity index (χ0n) is 17.0. The van der Waals surface area contributed by atoms with Gasteiger partial charge in [0.25, 0.3) is 0 Å². The molecule has 1 aromatic carbocycles. The van der Waals surface area contributed by atoms with E-state index in [1.54, 1.807) is 14.0 Å². The Morgan fingerprint density at radius 3 is 2.33 bits per heavy atom. The molecule has 6 heteroatoms. The van der Waals surface area contributed by atoms with Crippen LogP contribution >= 0.6 is 0 Å². The van der Waals surface area contributed by atoms with Crippen molar-refractivity contribution >= 4 is 5.91 Å². The van der Waals surface area contributed by atoms with Crippen LogP contribution in [-0.4, -0.2) is 67.6 Å². The lowest BCUT2D eigenvalue weighted by molar-refractivity contribution is -0.124. The lowest BCUT2D eigenvalue weighted by Gasteiger charge is -2.35. The van der Waals surface area contributed by atoms with Gasteiger partial charge in [-0.1, -0.05) is 26.0 Å². The lowest BCUT2D eigenvalue weighted by Crippen LogP contribution is -2.54. The molecule has 148 valence electrons. The summed E-state index contributed by atoms with van der Waals surface area (Å²) in [7, 11) is 1.68. The molecule has 2 rings (SSSR count). The van der Waals surface area contributed by atoms with Crippen LogP contribution in [0.2, 0.25) is 0 Å². The fourth-order valence-corrected chi connectivity index (χ4v) is 3.08. The number of nitriles is 1. The molecular weight excluding hydrogens is 340 g/mol. The molecule has 0 spiro atoms. The molecule has 1 aromatic rings. The summed E-state index contributed by atoms with van der Waals surface area (Å²) >= 11 is 0. The summed E-state index contributed by atoms with van der Waals surface area (Å²) in [6.07, 6.45) is 1.01. The first kappa shape index (κ1) is 21.2. The Morgan fingerprint density at radius 1 is 1.22 bits per heavy atom. The number of ether oxygens (including phenoxy) is 1. The molecule has 1 atom stereocenters. The Balaban J connectivity index is 1.71. The Morgan fingerprint density at radius 2 is 1.81 bits per heavy atom. The van der Waals surface area contributed by atoms with Gasteiger partial charge in [-0.3, -0.25) is 9.69 Å². The minimum absolute atomic E-state index is 0.0700. The molecule has 0 radical (unpaired) electrons. The molecule has 0 aromatic heterocycles. The Labute approximate surface area is 163 Å². The number of amides is 1. The summed E-state index contributed by atoms with van der Waals surface area (Å²) in [5.74, 6) is 0.885. The molecule has 1 amide bonds. The number of nitrogens with zero attached hydrogens (tertiary/aromatic N) is 3. The highest BCUT2D eigenvalue weighted by atomic mass is 16.5. The fraction of sp³-hybridized carbons (Fsp3) is 0.619. The van der Waals surface area contributed by atoms with Crippen LogP contribution in [0.25, 0.3) is 0 Å². The van der Waals surface area contributed by atoms with Crippen molar-refractivity contribution in [2.75, 3.05) is 46.4 Å². The average Bonchev–Trinajstić information content (AvgIpc) is 2.67. The van der Waals surface area contributed by atoms with Gasteiger partial charge in [-0.05, 0) is 37.0 Å². The largest absolute Gasteiger partial charge is 0.497 e. The van der Waals surface area contributed by atoms with Gasteiger partial charge in [0.15, 0.2) is 0 Å². The molecule has 1 aliphatic heterocycles. The number of carbonyl (C=O) groups is 1. The van der Waals surface area contributed by atoms with Crippen molar-refractivity contribution in [3.05, 3.63) is 29.8 Å². The van der Waals surface area contributed by atoms with Gasteiger partial charge in [0, 0.05) is 32.7 Å². The van der Waals surface area contributed by atoms with Gasteiger partial charge < -0.3 is 15.0 Å². The third-order valence-electron chi connectivity index (χ3n) is 5.49. The topological polar surface area (TPSA) is 68.6 Å². The third-order valence-corrected chi connectivity index (χ3v) is 5.49. The first-order valence-corrected chi connectivity index (χ1v) is 9.66. The maximum Gasteiger partial charge on any atom is 0.235 e. The molecule has 6 nitrogen and oxygen atoms in total. The molecule has 1 saturated heterocycles. The summed E-state index contributed by atoms with van der Waals surface area (Å²) in [4.78, 5) is 16.9. The SMILES string of the molecule is COc1ccc(CCN2CCN(CC(=O)N[C@@](C)(C#N)C(C)C)CC2)cc1. The van der Waals surface area contributed by atoms with E-state index in [4.69, 9.17) is 4.74 Å². The van der Waals surface area contributed by atoms with Crippen LogP contribution in [0, 0.1) is 17.2 Å². The van der Waals surface area contributed by atoms with E-state index in [1.807, 2.05) is 26.0 Å². The molecule has 0 aliphatic carbocycles. The maximum atomic E-state index is 12.3. The van der Waals surface area contributed by atoms with Crippen LogP contribution in [0.1, 0.15) is 26.3 Å². The van der Waals surface area contributed by atoms with Crippen LogP contribution in [0.3, 0.4) is 0 Å². The molecular formula is C21H32N4O2. The first-order chi connectivity index (χ1) is 12.9. The van der Waals surface area contributed by atoms with E-state index in [2.05, 4.69) is 33.3 Å². The zero-order valence-corrected chi connectivity index (χ0v) is 17.0. The highest BCUT2D eigenvalue weighted by Crippen LogP contribution is 2.15. The Bertz CT molecular complexity index is 645. The summed E-state index contributed by atoms with van der Waals surface area (Å²) in [6, 6.07) is 10.4. The van der Waals surface area contributed by atoms with Crippen molar-refractivity contribution in [2.45, 2.75) is 32.7 Å². The number of nitrogens with one attached hydrogen (secondary N) is 1. The summed E-state index contributed by atoms with van der Waals surface area (Å²) in [6.45, 7) is 10.7. The lowest BCUT2D eigenvalue weighted by atomic mass is 9.90. The normalized spacial score (nSPS) is 17.9. The smallest absolute Gasteiger partial charge is 0.235 e. The fourth-order valence-electron chi connectivity index (χ4n) is 3.08. The van der Waals surface area contributed by atoms with Gasteiger partial charge in [0.2, 0.25) is 5.91 Å². The van der Waals surface area contributed by atoms with Crippen molar-refractivity contribution in [1.29, 1.82) is 5.26 Å². The second-order valence-electron chi connectivity index (χ2n) is 7.73. The molecule has 1 fully saturated rings. The quantitative estimate of drug-likeness (QED) is 0.755. The number of piperazine rings is 1. The highest BCUT2D eigenvalue weighted by Gasteiger charge is 2.30. The van der Waals surface area contributed by atoms with Gasteiger partial charge in [-0.15, -0.1) is 0 Å². The molecule has 1 heterocycles. The summed E-state index contributed by atoms with van der Waals surface area (Å²) in [5.41, 5.74) is 0.499. The van der Waals surface area contributed by atoms with Gasteiger partial charge in [-0.2, -0.15) is 5.26 Å². The Hall–Kier alpha value is -2.10. The number of benzene rings is 1.